The van der Waals surface area contributed by atoms with Crippen molar-refractivity contribution < 1.29 is 0 Å². The van der Waals surface area contributed by atoms with E-state index in [1.807, 2.05) is 11.3 Å². The second kappa shape index (κ2) is 6.55. The average Bonchev–Trinajstić information content (AvgIpc) is 2.92. The van der Waals surface area contributed by atoms with Gasteiger partial charge < -0.3 is 5.32 Å². The zero-order chi connectivity index (χ0) is 14.6. The third-order valence-electron chi connectivity index (χ3n) is 3.75. The quantitative estimate of drug-likeness (QED) is 0.821. The number of nitrogens with one attached hydrogen (secondary N) is 1. The largest absolute Gasteiger partial charge is 0.313 e. The molecule has 2 rings (SSSR count). The molecule has 1 nitrogen and oxygen atoms in total. The van der Waals surface area contributed by atoms with Gasteiger partial charge in [-0.2, -0.15) is 0 Å². The molecule has 1 aromatic heterocycles. The van der Waals surface area contributed by atoms with E-state index in [1.54, 1.807) is 0 Å². The minimum Gasteiger partial charge on any atom is -0.313 e. The fourth-order valence-electron chi connectivity index (χ4n) is 2.68. The van der Waals surface area contributed by atoms with E-state index in [9.17, 15) is 0 Å². The summed E-state index contributed by atoms with van der Waals surface area (Å²) in [6.07, 6.45) is 2.28. The van der Waals surface area contributed by atoms with Gasteiger partial charge in [-0.3, -0.25) is 0 Å². The molecule has 0 radical (unpaired) electrons. The molecule has 2 aromatic rings. The number of hydrogen-bond acceptors (Lipinski definition) is 2. The second-order valence-corrected chi connectivity index (χ2v) is 7.33. The molecule has 0 spiro atoms. The van der Waals surface area contributed by atoms with Crippen LogP contribution in [0.2, 0.25) is 0 Å². The summed E-state index contributed by atoms with van der Waals surface area (Å²) in [5, 5.41) is 5.66. The van der Waals surface area contributed by atoms with Crippen molar-refractivity contribution in [1.82, 2.24) is 5.32 Å². The van der Waals surface area contributed by atoms with Crippen LogP contribution in [-0.2, 0) is 11.8 Å². The number of aryl methyl sites for hydroxylation is 1. The lowest BCUT2D eigenvalue weighted by molar-refractivity contribution is 0.518. The van der Waals surface area contributed by atoms with Gasteiger partial charge in [0.15, 0.2) is 0 Å². The Morgan fingerprint density at radius 1 is 1.10 bits per heavy atom. The van der Waals surface area contributed by atoms with Crippen LogP contribution in [0.5, 0.6) is 0 Å². The molecule has 1 heterocycles. The molecule has 108 valence electrons. The Labute approximate surface area is 127 Å². The van der Waals surface area contributed by atoms with Crippen LogP contribution in [0, 0.1) is 0 Å². The van der Waals surface area contributed by atoms with E-state index in [-0.39, 0.29) is 5.41 Å². The molecule has 0 aliphatic carbocycles. The zero-order valence-corrected chi connectivity index (χ0v) is 13.8. The first-order valence-electron chi connectivity index (χ1n) is 7.31. The lowest BCUT2D eigenvalue weighted by Gasteiger charge is -2.27. The molecule has 0 saturated carbocycles. The normalized spacial score (nSPS) is 13.4. The van der Waals surface area contributed by atoms with Gasteiger partial charge in [0.05, 0.1) is 0 Å². The summed E-state index contributed by atoms with van der Waals surface area (Å²) < 4.78 is 0. The molecule has 2 heteroatoms. The SMILES string of the molecule is CNC(CCc1cccs1)c1ccccc1C(C)(C)C. The average molecular weight is 287 g/mol. The van der Waals surface area contributed by atoms with E-state index in [4.69, 9.17) is 0 Å². The summed E-state index contributed by atoms with van der Waals surface area (Å²) >= 11 is 1.85. The van der Waals surface area contributed by atoms with Crippen molar-refractivity contribution in [3.8, 4) is 0 Å². The Kier molecular flexibility index (Phi) is 5.00. The molecular weight excluding hydrogens is 262 g/mol. The molecule has 1 atom stereocenters. The predicted molar refractivity (Wildman–Crippen MR) is 89.6 cm³/mol. The van der Waals surface area contributed by atoms with E-state index in [0.29, 0.717) is 6.04 Å². The summed E-state index contributed by atoms with van der Waals surface area (Å²) in [5.74, 6) is 0. The molecule has 0 aliphatic heterocycles. The maximum Gasteiger partial charge on any atom is 0.0323 e. The van der Waals surface area contributed by atoms with E-state index < -0.39 is 0 Å². The van der Waals surface area contributed by atoms with Gasteiger partial charge in [0.2, 0.25) is 0 Å². The molecule has 0 saturated heterocycles. The third kappa shape index (κ3) is 3.71. The fourth-order valence-corrected chi connectivity index (χ4v) is 3.41. The minimum absolute atomic E-state index is 0.189. The van der Waals surface area contributed by atoms with Crippen LogP contribution in [-0.4, -0.2) is 7.05 Å². The van der Waals surface area contributed by atoms with Crippen molar-refractivity contribution in [2.24, 2.45) is 0 Å². The summed E-state index contributed by atoms with van der Waals surface area (Å²) in [5.41, 5.74) is 3.08. The molecular formula is C18H25NS. The lowest BCUT2D eigenvalue weighted by atomic mass is 9.81. The predicted octanol–water partition coefficient (Wildman–Crippen LogP) is 4.94. The highest BCUT2D eigenvalue weighted by atomic mass is 32.1. The van der Waals surface area contributed by atoms with Crippen LogP contribution in [0.15, 0.2) is 41.8 Å². The van der Waals surface area contributed by atoms with Crippen molar-refractivity contribution in [3.63, 3.8) is 0 Å². The second-order valence-electron chi connectivity index (χ2n) is 6.30. The number of benzene rings is 1. The van der Waals surface area contributed by atoms with Crippen LogP contribution in [0.25, 0.3) is 0 Å². The van der Waals surface area contributed by atoms with Crippen molar-refractivity contribution in [1.29, 1.82) is 0 Å². The first-order chi connectivity index (χ1) is 9.52. The monoisotopic (exact) mass is 287 g/mol. The van der Waals surface area contributed by atoms with Gasteiger partial charge in [-0.15, -0.1) is 11.3 Å². The number of hydrogen-bond donors (Lipinski definition) is 1. The van der Waals surface area contributed by atoms with E-state index >= 15 is 0 Å². The lowest BCUT2D eigenvalue weighted by Crippen LogP contribution is -2.23. The van der Waals surface area contributed by atoms with Gasteiger partial charge in [0, 0.05) is 10.9 Å². The Morgan fingerprint density at radius 3 is 2.45 bits per heavy atom. The third-order valence-corrected chi connectivity index (χ3v) is 4.69. The Balaban J connectivity index is 2.19. The minimum atomic E-state index is 0.189. The summed E-state index contributed by atoms with van der Waals surface area (Å²) in [7, 11) is 2.07. The smallest absolute Gasteiger partial charge is 0.0323 e. The Morgan fingerprint density at radius 2 is 1.85 bits per heavy atom. The fraction of sp³-hybridized carbons (Fsp3) is 0.444. The van der Waals surface area contributed by atoms with Crippen molar-refractivity contribution in [2.45, 2.75) is 45.1 Å². The molecule has 1 N–H and O–H groups in total. The van der Waals surface area contributed by atoms with Crippen molar-refractivity contribution in [2.75, 3.05) is 7.05 Å². The van der Waals surface area contributed by atoms with Gasteiger partial charge in [-0.1, -0.05) is 51.1 Å². The molecule has 0 amide bonds. The van der Waals surface area contributed by atoms with Crippen LogP contribution in [0.3, 0.4) is 0 Å². The Bertz CT molecular complexity index is 523. The molecule has 1 aromatic carbocycles. The molecule has 1 unspecified atom stereocenters. The van der Waals surface area contributed by atoms with Gasteiger partial charge in [0.1, 0.15) is 0 Å². The molecule has 20 heavy (non-hydrogen) atoms. The van der Waals surface area contributed by atoms with E-state index in [1.165, 1.54) is 16.0 Å². The maximum absolute atomic E-state index is 3.50. The van der Waals surface area contributed by atoms with Gasteiger partial charge in [-0.25, -0.2) is 0 Å². The molecule has 0 fully saturated rings. The van der Waals surface area contributed by atoms with Crippen molar-refractivity contribution in [3.05, 3.63) is 57.8 Å². The van der Waals surface area contributed by atoms with Crippen LogP contribution < -0.4 is 5.32 Å². The topological polar surface area (TPSA) is 12.0 Å². The van der Waals surface area contributed by atoms with Crippen molar-refractivity contribution >= 4 is 11.3 Å². The summed E-state index contributed by atoms with van der Waals surface area (Å²) in [4.78, 5) is 1.47. The van der Waals surface area contributed by atoms with Crippen LogP contribution in [0.1, 0.15) is 49.2 Å². The van der Waals surface area contributed by atoms with Gasteiger partial charge >= 0.3 is 0 Å². The number of thiophene rings is 1. The molecule has 0 bridgehead atoms. The van der Waals surface area contributed by atoms with Crippen LogP contribution >= 0.6 is 11.3 Å². The highest BCUT2D eigenvalue weighted by Gasteiger charge is 2.21. The first-order valence-corrected chi connectivity index (χ1v) is 8.19. The van der Waals surface area contributed by atoms with E-state index in [0.717, 1.165) is 12.8 Å². The number of rotatable bonds is 5. The first kappa shape index (κ1) is 15.3. The highest BCUT2D eigenvalue weighted by Crippen LogP contribution is 2.31. The maximum atomic E-state index is 3.50. The Hall–Kier alpha value is -1.12. The van der Waals surface area contributed by atoms with E-state index in [2.05, 4.69) is 74.9 Å². The van der Waals surface area contributed by atoms with Gasteiger partial charge in [-0.05, 0) is 47.9 Å². The van der Waals surface area contributed by atoms with Gasteiger partial charge in [0.25, 0.3) is 0 Å². The highest BCUT2D eigenvalue weighted by molar-refractivity contribution is 7.09. The summed E-state index contributed by atoms with van der Waals surface area (Å²) in [6, 6.07) is 13.6. The standard InChI is InChI=1S/C18H25NS/c1-18(2,3)16-10-6-5-9-15(16)17(19-4)12-11-14-8-7-13-20-14/h5-10,13,17,19H,11-12H2,1-4H3. The zero-order valence-electron chi connectivity index (χ0n) is 12.9. The van der Waals surface area contributed by atoms with Crippen LogP contribution in [0.4, 0.5) is 0 Å². The summed E-state index contributed by atoms with van der Waals surface area (Å²) in [6.45, 7) is 6.87. The molecule has 0 aliphatic rings.